The van der Waals surface area contributed by atoms with Crippen LogP contribution in [0.5, 0.6) is 0 Å². The summed E-state index contributed by atoms with van der Waals surface area (Å²) in [4.78, 5) is 8.03. The Morgan fingerprint density at radius 2 is 2.10 bits per heavy atom. The molecule has 1 aromatic heterocycles. The minimum Gasteiger partial charge on any atom is -0.333 e. The molecular weight excluding hydrogens is 266 g/mol. The number of hydrogen-bond donors (Lipinski definition) is 2. The van der Waals surface area contributed by atoms with Crippen molar-refractivity contribution in [3.8, 4) is 0 Å². The van der Waals surface area contributed by atoms with Crippen molar-refractivity contribution in [2.45, 2.75) is 44.5 Å². The van der Waals surface area contributed by atoms with Gasteiger partial charge < -0.3 is 10.3 Å². The van der Waals surface area contributed by atoms with Crippen LogP contribution < -0.4 is 5.32 Å². The van der Waals surface area contributed by atoms with Crippen LogP contribution in [-0.4, -0.2) is 28.3 Å². The summed E-state index contributed by atoms with van der Waals surface area (Å²) in [5.41, 5.74) is 3.45. The number of fused-ring (bicyclic) bond motifs is 1. The Hall–Kier alpha value is -1.00. The van der Waals surface area contributed by atoms with Crippen molar-refractivity contribution in [2.24, 2.45) is 5.92 Å². The Kier molecular flexibility index (Phi) is 5.49. The summed E-state index contributed by atoms with van der Waals surface area (Å²) in [6, 6.07) is 6.34. The molecule has 0 fully saturated rings. The summed E-state index contributed by atoms with van der Waals surface area (Å²) in [6.07, 6.45) is 1.24. The molecule has 20 heavy (non-hydrogen) atoms. The first kappa shape index (κ1) is 15.4. The molecule has 0 saturated heterocycles. The zero-order chi connectivity index (χ0) is 14.5. The molecule has 0 aliphatic heterocycles. The Balaban J connectivity index is 1.84. The SMILES string of the molecule is Cc1ccc2nc(SC(C)CNCCC(C)C)[nH]c2c1. The van der Waals surface area contributed by atoms with Gasteiger partial charge in [-0.15, -0.1) is 0 Å². The lowest BCUT2D eigenvalue weighted by molar-refractivity contribution is 0.539. The smallest absolute Gasteiger partial charge is 0.166 e. The second kappa shape index (κ2) is 7.14. The van der Waals surface area contributed by atoms with Crippen molar-refractivity contribution in [1.82, 2.24) is 15.3 Å². The van der Waals surface area contributed by atoms with Crippen molar-refractivity contribution in [2.75, 3.05) is 13.1 Å². The molecule has 2 rings (SSSR count). The lowest BCUT2D eigenvalue weighted by Gasteiger charge is -2.11. The van der Waals surface area contributed by atoms with Crippen LogP contribution in [-0.2, 0) is 0 Å². The predicted molar refractivity (Wildman–Crippen MR) is 88.5 cm³/mol. The number of benzene rings is 1. The van der Waals surface area contributed by atoms with E-state index < -0.39 is 0 Å². The van der Waals surface area contributed by atoms with E-state index in [9.17, 15) is 0 Å². The molecule has 1 unspecified atom stereocenters. The van der Waals surface area contributed by atoms with E-state index in [1.165, 1.54) is 12.0 Å². The summed E-state index contributed by atoms with van der Waals surface area (Å²) in [6.45, 7) is 11.0. The van der Waals surface area contributed by atoms with Crippen molar-refractivity contribution in [3.05, 3.63) is 23.8 Å². The maximum absolute atomic E-state index is 4.63. The van der Waals surface area contributed by atoms with Crippen LogP contribution in [0.2, 0.25) is 0 Å². The first-order valence-electron chi connectivity index (χ1n) is 7.38. The maximum atomic E-state index is 4.63. The number of imidazole rings is 1. The summed E-state index contributed by atoms with van der Waals surface area (Å²) < 4.78 is 0. The third kappa shape index (κ3) is 4.53. The molecule has 2 N–H and O–H groups in total. The molecule has 3 nitrogen and oxygen atoms in total. The van der Waals surface area contributed by atoms with E-state index in [2.05, 4.69) is 61.2 Å². The normalized spacial score (nSPS) is 13.2. The first-order chi connectivity index (χ1) is 9.54. The molecule has 1 atom stereocenters. The van der Waals surface area contributed by atoms with Crippen LogP contribution in [0.1, 0.15) is 32.8 Å². The van der Waals surface area contributed by atoms with E-state index in [0.29, 0.717) is 5.25 Å². The molecule has 0 bridgehead atoms. The standard InChI is InChI=1S/C16H25N3S/c1-11(2)7-8-17-10-13(4)20-16-18-14-6-5-12(3)9-15(14)19-16/h5-6,9,11,13,17H,7-8,10H2,1-4H3,(H,18,19). The molecule has 1 aromatic carbocycles. The molecule has 0 aliphatic rings. The summed E-state index contributed by atoms with van der Waals surface area (Å²) in [5.74, 6) is 0.768. The second-order valence-corrected chi connectivity index (χ2v) is 7.30. The number of aromatic amines is 1. The summed E-state index contributed by atoms with van der Waals surface area (Å²) >= 11 is 1.80. The van der Waals surface area contributed by atoms with Crippen molar-refractivity contribution >= 4 is 22.8 Å². The number of thioether (sulfide) groups is 1. The van der Waals surface area contributed by atoms with E-state index in [0.717, 1.165) is 35.2 Å². The Labute approximate surface area is 125 Å². The molecule has 0 spiro atoms. The van der Waals surface area contributed by atoms with Gasteiger partial charge in [0.25, 0.3) is 0 Å². The van der Waals surface area contributed by atoms with Gasteiger partial charge in [-0.3, -0.25) is 0 Å². The van der Waals surface area contributed by atoms with Gasteiger partial charge >= 0.3 is 0 Å². The summed E-state index contributed by atoms with van der Waals surface area (Å²) in [5, 5.41) is 5.05. The Bertz CT molecular complexity index is 548. The van der Waals surface area contributed by atoms with Crippen LogP contribution in [0.3, 0.4) is 0 Å². The van der Waals surface area contributed by atoms with Gasteiger partial charge in [0.05, 0.1) is 11.0 Å². The highest BCUT2D eigenvalue weighted by atomic mass is 32.2. The number of nitrogens with zero attached hydrogens (tertiary/aromatic N) is 1. The van der Waals surface area contributed by atoms with E-state index in [4.69, 9.17) is 0 Å². The van der Waals surface area contributed by atoms with Gasteiger partial charge in [-0.25, -0.2) is 4.98 Å². The van der Waals surface area contributed by atoms with Gasteiger partial charge in [-0.05, 0) is 43.5 Å². The average molecular weight is 291 g/mol. The maximum Gasteiger partial charge on any atom is 0.166 e. The molecular formula is C16H25N3S. The highest BCUT2D eigenvalue weighted by molar-refractivity contribution is 7.99. The molecule has 4 heteroatoms. The quantitative estimate of drug-likeness (QED) is 0.598. The largest absolute Gasteiger partial charge is 0.333 e. The van der Waals surface area contributed by atoms with Crippen molar-refractivity contribution in [1.29, 1.82) is 0 Å². The van der Waals surface area contributed by atoms with Crippen molar-refractivity contribution < 1.29 is 0 Å². The highest BCUT2D eigenvalue weighted by Crippen LogP contribution is 2.23. The Morgan fingerprint density at radius 1 is 1.30 bits per heavy atom. The fraction of sp³-hybridized carbons (Fsp3) is 0.562. The molecule has 0 radical (unpaired) electrons. The lowest BCUT2D eigenvalue weighted by atomic mass is 10.1. The highest BCUT2D eigenvalue weighted by Gasteiger charge is 2.08. The van der Waals surface area contributed by atoms with Crippen LogP contribution >= 0.6 is 11.8 Å². The number of nitrogens with one attached hydrogen (secondary N) is 2. The summed E-state index contributed by atoms with van der Waals surface area (Å²) in [7, 11) is 0. The van der Waals surface area contributed by atoms with Gasteiger partial charge in [0.2, 0.25) is 0 Å². The van der Waals surface area contributed by atoms with Gasteiger partial charge in [0.15, 0.2) is 5.16 Å². The van der Waals surface area contributed by atoms with E-state index in [1.54, 1.807) is 11.8 Å². The third-order valence-electron chi connectivity index (χ3n) is 3.26. The van der Waals surface area contributed by atoms with Crippen LogP contribution in [0.4, 0.5) is 0 Å². The fourth-order valence-corrected chi connectivity index (χ4v) is 2.99. The monoisotopic (exact) mass is 291 g/mol. The first-order valence-corrected chi connectivity index (χ1v) is 8.26. The minimum atomic E-state index is 0.517. The molecule has 0 amide bonds. The average Bonchev–Trinajstić information content (AvgIpc) is 2.75. The third-order valence-corrected chi connectivity index (χ3v) is 4.24. The van der Waals surface area contributed by atoms with E-state index >= 15 is 0 Å². The zero-order valence-corrected chi connectivity index (χ0v) is 13.7. The molecule has 0 aliphatic carbocycles. The second-order valence-electron chi connectivity index (χ2n) is 5.88. The molecule has 0 saturated carbocycles. The van der Waals surface area contributed by atoms with Crippen LogP contribution in [0, 0.1) is 12.8 Å². The van der Waals surface area contributed by atoms with E-state index in [1.807, 2.05) is 0 Å². The zero-order valence-electron chi connectivity index (χ0n) is 12.9. The van der Waals surface area contributed by atoms with Crippen LogP contribution in [0.15, 0.2) is 23.4 Å². The van der Waals surface area contributed by atoms with Gasteiger partial charge in [0, 0.05) is 11.8 Å². The number of H-pyrrole nitrogens is 1. The number of rotatable bonds is 7. The lowest BCUT2D eigenvalue weighted by Crippen LogP contribution is -2.24. The van der Waals surface area contributed by atoms with E-state index in [-0.39, 0.29) is 0 Å². The fourth-order valence-electron chi connectivity index (χ4n) is 2.08. The number of hydrogen-bond acceptors (Lipinski definition) is 3. The van der Waals surface area contributed by atoms with Gasteiger partial charge in [0.1, 0.15) is 0 Å². The topological polar surface area (TPSA) is 40.7 Å². The number of aryl methyl sites for hydroxylation is 1. The predicted octanol–water partition coefficient (Wildman–Crippen LogP) is 3.99. The molecule has 1 heterocycles. The minimum absolute atomic E-state index is 0.517. The van der Waals surface area contributed by atoms with Gasteiger partial charge in [-0.2, -0.15) is 0 Å². The molecule has 110 valence electrons. The van der Waals surface area contributed by atoms with Crippen LogP contribution in [0.25, 0.3) is 11.0 Å². The Morgan fingerprint density at radius 3 is 2.85 bits per heavy atom. The van der Waals surface area contributed by atoms with Crippen molar-refractivity contribution in [3.63, 3.8) is 0 Å². The number of aromatic nitrogens is 2. The van der Waals surface area contributed by atoms with Gasteiger partial charge in [-0.1, -0.05) is 38.6 Å². The molecule has 2 aromatic rings.